The van der Waals surface area contributed by atoms with E-state index < -0.39 is 10.0 Å². The second-order valence-electron chi connectivity index (χ2n) is 6.95. The SMILES string of the molecule is NS(=O)(=O)c1ccc(N2C(=O)CC(c3cccnc3)C3=C2CCCC3=O)cc1. The summed E-state index contributed by atoms with van der Waals surface area (Å²) < 4.78 is 23.0. The number of hydrogen-bond donors (Lipinski definition) is 1. The second-order valence-corrected chi connectivity index (χ2v) is 8.51. The third-order valence-corrected chi connectivity index (χ3v) is 6.11. The van der Waals surface area contributed by atoms with Crippen LogP contribution in [0.4, 0.5) is 5.69 Å². The Balaban J connectivity index is 1.82. The highest BCUT2D eigenvalue weighted by molar-refractivity contribution is 7.89. The molecule has 1 aromatic heterocycles. The third kappa shape index (κ3) is 3.25. The lowest BCUT2D eigenvalue weighted by atomic mass is 9.77. The molecular weight excluding hydrogens is 378 g/mol. The molecule has 4 rings (SSSR count). The lowest BCUT2D eigenvalue weighted by Crippen LogP contribution is -2.40. The molecule has 2 aliphatic rings. The summed E-state index contributed by atoms with van der Waals surface area (Å²) in [6.45, 7) is 0. The van der Waals surface area contributed by atoms with Gasteiger partial charge in [0.1, 0.15) is 0 Å². The normalized spacial score (nSPS) is 20.3. The molecule has 28 heavy (non-hydrogen) atoms. The minimum absolute atomic E-state index is 0.0251. The zero-order valence-corrected chi connectivity index (χ0v) is 15.9. The number of aromatic nitrogens is 1. The van der Waals surface area contributed by atoms with Crippen LogP contribution in [0.3, 0.4) is 0 Å². The van der Waals surface area contributed by atoms with E-state index in [1.165, 1.54) is 12.1 Å². The molecule has 7 nitrogen and oxygen atoms in total. The van der Waals surface area contributed by atoms with Crippen molar-refractivity contribution in [1.29, 1.82) is 0 Å². The second kappa shape index (κ2) is 6.96. The zero-order chi connectivity index (χ0) is 19.9. The number of sulfonamides is 1. The van der Waals surface area contributed by atoms with E-state index in [0.29, 0.717) is 36.2 Å². The predicted octanol–water partition coefficient (Wildman–Crippen LogP) is 2.26. The molecule has 0 radical (unpaired) electrons. The molecule has 0 saturated carbocycles. The molecule has 1 aromatic carbocycles. The van der Waals surface area contributed by atoms with Crippen LogP contribution in [0.25, 0.3) is 0 Å². The van der Waals surface area contributed by atoms with Gasteiger partial charge in [0.2, 0.25) is 15.9 Å². The molecule has 2 aromatic rings. The number of anilines is 1. The van der Waals surface area contributed by atoms with Gasteiger partial charge >= 0.3 is 0 Å². The number of nitrogens with two attached hydrogens (primary N) is 1. The molecule has 2 N–H and O–H groups in total. The summed E-state index contributed by atoms with van der Waals surface area (Å²) in [5.74, 6) is -0.386. The van der Waals surface area contributed by atoms with Gasteiger partial charge in [-0.25, -0.2) is 13.6 Å². The van der Waals surface area contributed by atoms with Crippen LogP contribution in [0, 0.1) is 0 Å². The standard InChI is InChI=1S/C20H19N3O4S/c21-28(26,27)15-8-6-14(7-9-15)23-17-4-1-5-18(24)20(17)16(11-19(23)25)13-3-2-10-22-12-13/h2-3,6-10,12,16H,1,4-5,11H2,(H2,21,26,27). The number of ketones is 1. The van der Waals surface area contributed by atoms with Gasteiger partial charge in [0.25, 0.3) is 0 Å². The summed E-state index contributed by atoms with van der Waals surface area (Å²) in [6.07, 6.45) is 5.26. The highest BCUT2D eigenvalue weighted by Crippen LogP contribution is 2.43. The van der Waals surface area contributed by atoms with Gasteiger partial charge in [-0.1, -0.05) is 6.07 Å². The van der Waals surface area contributed by atoms with Crippen LogP contribution in [0.5, 0.6) is 0 Å². The van der Waals surface area contributed by atoms with Crippen LogP contribution in [0.1, 0.15) is 37.2 Å². The average molecular weight is 397 g/mol. The van der Waals surface area contributed by atoms with Gasteiger partial charge in [-0.15, -0.1) is 0 Å². The van der Waals surface area contributed by atoms with Crippen LogP contribution in [-0.2, 0) is 19.6 Å². The number of benzene rings is 1. The van der Waals surface area contributed by atoms with Gasteiger partial charge in [0, 0.05) is 48.1 Å². The Hall–Kier alpha value is -2.84. The summed E-state index contributed by atoms with van der Waals surface area (Å²) in [7, 11) is -3.82. The first kappa shape index (κ1) is 18.5. The molecule has 0 saturated heterocycles. The maximum absolute atomic E-state index is 13.0. The number of rotatable bonds is 3. The molecule has 1 unspecified atom stereocenters. The predicted molar refractivity (Wildman–Crippen MR) is 103 cm³/mol. The van der Waals surface area contributed by atoms with Crippen LogP contribution in [0.2, 0.25) is 0 Å². The maximum Gasteiger partial charge on any atom is 0.238 e. The first-order valence-electron chi connectivity index (χ1n) is 8.98. The molecule has 8 heteroatoms. The van der Waals surface area contributed by atoms with E-state index in [-0.39, 0.29) is 28.9 Å². The molecule has 144 valence electrons. The monoisotopic (exact) mass is 397 g/mol. The highest BCUT2D eigenvalue weighted by atomic mass is 32.2. The lowest BCUT2D eigenvalue weighted by Gasteiger charge is -2.38. The van der Waals surface area contributed by atoms with E-state index in [2.05, 4.69) is 4.98 Å². The highest BCUT2D eigenvalue weighted by Gasteiger charge is 2.39. The van der Waals surface area contributed by atoms with E-state index in [1.807, 2.05) is 6.07 Å². The van der Waals surface area contributed by atoms with E-state index >= 15 is 0 Å². The maximum atomic E-state index is 13.0. The van der Waals surface area contributed by atoms with Crippen molar-refractivity contribution in [2.24, 2.45) is 5.14 Å². The first-order chi connectivity index (χ1) is 13.4. The van der Waals surface area contributed by atoms with Crippen LogP contribution >= 0.6 is 0 Å². The molecule has 2 heterocycles. The van der Waals surface area contributed by atoms with Gasteiger partial charge in [0.05, 0.1) is 4.90 Å². The minimum Gasteiger partial charge on any atom is -0.294 e. The van der Waals surface area contributed by atoms with Crippen LogP contribution in [-0.4, -0.2) is 25.1 Å². The van der Waals surface area contributed by atoms with Gasteiger partial charge < -0.3 is 0 Å². The number of carbonyl (C=O) groups excluding carboxylic acids is 2. The van der Waals surface area contributed by atoms with Crippen LogP contribution < -0.4 is 10.0 Å². The quantitative estimate of drug-likeness (QED) is 0.854. The van der Waals surface area contributed by atoms with Crippen molar-refractivity contribution in [3.63, 3.8) is 0 Å². The molecule has 1 aliphatic heterocycles. The number of Topliss-reactive ketones (excluding diaryl/α,β-unsaturated/α-hetero) is 1. The van der Waals surface area contributed by atoms with Crippen molar-refractivity contribution < 1.29 is 18.0 Å². The van der Waals surface area contributed by atoms with Crippen molar-refractivity contribution in [3.05, 3.63) is 65.6 Å². The molecule has 1 amide bonds. The smallest absolute Gasteiger partial charge is 0.238 e. The lowest BCUT2D eigenvalue weighted by molar-refractivity contribution is -0.119. The fourth-order valence-electron chi connectivity index (χ4n) is 3.94. The largest absolute Gasteiger partial charge is 0.294 e. The molecule has 1 atom stereocenters. The van der Waals surface area contributed by atoms with Gasteiger partial charge in [0.15, 0.2) is 5.78 Å². The summed E-state index contributed by atoms with van der Waals surface area (Å²) >= 11 is 0. The first-order valence-corrected chi connectivity index (χ1v) is 10.5. The molecule has 0 fully saturated rings. The van der Waals surface area contributed by atoms with E-state index in [1.54, 1.807) is 35.5 Å². The Bertz CT molecular complexity index is 1080. The van der Waals surface area contributed by atoms with Gasteiger partial charge in [-0.3, -0.25) is 19.5 Å². The minimum atomic E-state index is -3.82. The topological polar surface area (TPSA) is 110 Å². The number of amides is 1. The number of carbonyl (C=O) groups is 2. The Labute approximate surface area is 162 Å². The van der Waals surface area contributed by atoms with E-state index in [9.17, 15) is 18.0 Å². The number of allylic oxidation sites excluding steroid dienone is 2. The Morgan fingerprint density at radius 2 is 1.82 bits per heavy atom. The Kier molecular flexibility index (Phi) is 4.60. The summed E-state index contributed by atoms with van der Waals surface area (Å²) in [4.78, 5) is 31.5. The number of nitrogens with zero attached hydrogens (tertiary/aromatic N) is 2. The third-order valence-electron chi connectivity index (χ3n) is 5.19. The van der Waals surface area contributed by atoms with Gasteiger partial charge in [-0.2, -0.15) is 0 Å². The van der Waals surface area contributed by atoms with Crippen molar-refractivity contribution in [2.75, 3.05) is 4.90 Å². The Morgan fingerprint density at radius 1 is 1.07 bits per heavy atom. The van der Waals surface area contributed by atoms with Gasteiger partial charge in [-0.05, 0) is 48.7 Å². The number of primary sulfonamides is 1. The number of hydrogen-bond acceptors (Lipinski definition) is 5. The van der Waals surface area contributed by atoms with E-state index in [4.69, 9.17) is 5.14 Å². The number of pyridine rings is 1. The summed E-state index contributed by atoms with van der Waals surface area (Å²) in [5, 5.41) is 5.15. The fraction of sp³-hybridized carbons (Fsp3) is 0.250. The fourth-order valence-corrected chi connectivity index (χ4v) is 4.46. The van der Waals surface area contributed by atoms with E-state index in [0.717, 1.165) is 5.56 Å². The van der Waals surface area contributed by atoms with Crippen molar-refractivity contribution in [2.45, 2.75) is 36.5 Å². The molecular formula is C20H19N3O4S. The molecule has 1 aliphatic carbocycles. The molecule has 0 bridgehead atoms. The summed E-state index contributed by atoms with van der Waals surface area (Å²) in [6, 6.07) is 9.52. The summed E-state index contributed by atoms with van der Waals surface area (Å²) in [5.41, 5.74) is 2.74. The Morgan fingerprint density at radius 3 is 2.46 bits per heavy atom. The van der Waals surface area contributed by atoms with Crippen LogP contribution in [0.15, 0.2) is 65.0 Å². The zero-order valence-electron chi connectivity index (χ0n) is 15.0. The molecule has 0 spiro atoms. The van der Waals surface area contributed by atoms with Crippen molar-refractivity contribution in [1.82, 2.24) is 4.98 Å². The van der Waals surface area contributed by atoms with Crippen molar-refractivity contribution in [3.8, 4) is 0 Å². The van der Waals surface area contributed by atoms with Crippen molar-refractivity contribution >= 4 is 27.4 Å². The average Bonchev–Trinajstić information content (AvgIpc) is 2.68.